The van der Waals surface area contributed by atoms with E-state index in [4.69, 9.17) is 4.98 Å². The Morgan fingerprint density at radius 3 is 2.59 bits per heavy atom. The van der Waals surface area contributed by atoms with Gasteiger partial charge in [-0.15, -0.1) is 0 Å². The lowest BCUT2D eigenvalue weighted by Crippen LogP contribution is -2.47. The molecular weight excluding hydrogens is 539 g/mol. The van der Waals surface area contributed by atoms with Gasteiger partial charge in [0.2, 0.25) is 11.9 Å². The Hall–Kier alpha value is -4.23. The van der Waals surface area contributed by atoms with Gasteiger partial charge >= 0.3 is 12.2 Å². The summed E-state index contributed by atoms with van der Waals surface area (Å²) in [6.45, 7) is 3.83. The molecule has 1 aliphatic heterocycles. The number of rotatable bonds is 6. The highest BCUT2D eigenvalue weighted by Crippen LogP contribution is 2.33. The van der Waals surface area contributed by atoms with Crippen molar-refractivity contribution in [3.05, 3.63) is 53.2 Å². The Bertz CT molecular complexity index is 1420. The first-order valence-electron chi connectivity index (χ1n) is 13.5. The van der Waals surface area contributed by atoms with E-state index in [9.17, 15) is 22.8 Å². The Balaban J connectivity index is 1.40. The lowest BCUT2D eigenvalue weighted by molar-refractivity contribution is -0.141. The largest absolute Gasteiger partial charge is 0.433 e. The van der Waals surface area contributed by atoms with Crippen LogP contribution in [0, 0.1) is 6.92 Å². The van der Waals surface area contributed by atoms with Crippen LogP contribution in [0.1, 0.15) is 61.5 Å². The van der Waals surface area contributed by atoms with Gasteiger partial charge in [0.15, 0.2) is 5.82 Å². The van der Waals surface area contributed by atoms with Crippen molar-refractivity contribution in [1.82, 2.24) is 30.0 Å². The number of nitrogens with zero attached hydrogens (tertiary/aromatic N) is 7. The quantitative estimate of drug-likeness (QED) is 0.453. The number of hydrogen-bond donors (Lipinski definition) is 2. The van der Waals surface area contributed by atoms with Crippen LogP contribution in [0.5, 0.6) is 0 Å². The highest BCUT2D eigenvalue weighted by Gasteiger charge is 2.33. The molecule has 0 saturated heterocycles. The van der Waals surface area contributed by atoms with Gasteiger partial charge in [0.05, 0.1) is 25.0 Å². The number of aromatic nitrogens is 5. The first-order valence-corrected chi connectivity index (χ1v) is 13.5. The normalized spacial score (nSPS) is 17.7. The molecule has 3 aromatic rings. The number of carbonyl (C=O) groups excluding carboxylic acids is 2. The van der Waals surface area contributed by atoms with Crippen molar-refractivity contribution < 1.29 is 22.8 Å². The van der Waals surface area contributed by atoms with E-state index in [-0.39, 0.29) is 37.0 Å². The van der Waals surface area contributed by atoms with E-state index in [0.29, 0.717) is 28.3 Å². The minimum atomic E-state index is -4.51. The number of urea groups is 1. The predicted molar refractivity (Wildman–Crippen MR) is 145 cm³/mol. The summed E-state index contributed by atoms with van der Waals surface area (Å²) in [5.74, 6) is 0.534. The van der Waals surface area contributed by atoms with Crippen molar-refractivity contribution in [3.63, 3.8) is 0 Å². The molecule has 14 heteroatoms. The molecule has 1 aliphatic carbocycles. The monoisotopic (exact) mass is 571 g/mol. The molecule has 2 N–H and O–H groups in total. The van der Waals surface area contributed by atoms with Crippen LogP contribution in [-0.2, 0) is 24.1 Å². The molecule has 3 aromatic heterocycles. The van der Waals surface area contributed by atoms with Gasteiger partial charge in [0.25, 0.3) is 0 Å². The second-order valence-corrected chi connectivity index (χ2v) is 10.5. The fourth-order valence-electron chi connectivity index (χ4n) is 5.02. The van der Waals surface area contributed by atoms with Crippen LogP contribution in [0.15, 0.2) is 30.7 Å². The average molecular weight is 572 g/mol. The second-order valence-electron chi connectivity index (χ2n) is 10.5. The minimum Gasteiger partial charge on any atom is -0.346 e. The van der Waals surface area contributed by atoms with E-state index in [1.165, 1.54) is 17.2 Å². The number of alkyl halides is 3. The maximum Gasteiger partial charge on any atom is 0.433 e. The summed E-state index contributed by atoms with van der Waals surface area (Å²) in [4.78, 5) is 42.0. The maximum absolute atomic E-state index is 13.6. The minimum absolute atomic E-state index is 0.0503. The zero-order valence-electron chi connectivity index (χ0n) is 23.1. The smallest absolute Gasteiger partial charge is 0.346 e. The molecule has 0 radical (unpaired) electrons. The zero-order valence-corrected chi connectivity index (χ0v) is 23.1. The molecule has 5 rings (SSSR count). The number of halogens is 3. The molecule has 0 spiro atoms. The van der Waals surface area contributed by atoms with Crippen LogP contribution >= 0.6 is 0 Å². The number of fused-ring (bicyclic) bond motifs is 1. The van der Waals surface area contributed by atoms with Crippen LogP contribution < -0.4 is 20.4 Å². The molecule has 1 atom stereocenters. The van der Waals surface area contributed by atoms with Crippen molar-refractivity contribution >= 4 is 29.4 Å². The van der Waals surface area contributed by atoms with E-state index < -0.39 is 17.9 Å². The van der Waals surface area contributed by atoms with E-state index in [1.54, 1.807) is 42.9 Å². The van der Waals surface area contributed by atoms with Gasteiger partial charge < -0.3 is 15.5 Å². The number of likely N-dealkylation sites (N-methyl/N-ethyl adjacent to an activating group) is 1. The molecule has 4 heterocycles. The molecule has 2 aliphatic rings. The van der Waals surface area contributed by atoms with Crippen molar-refractivity contribution in [2.24, 2.45) is 0 Å². The Morgan fingerprint density at radius 1 is 1.15 bits per heavy atom. The third kappa shape index (κ3) is 6.25. The lowest BCUT2D eigenvalue weighted by atomic mass is 9.96. The third-order valence-electron chi connectivity index (χ3n) is 7.51. The number of hydrogen-bond acceptors (Lipinski definition) is 7. The van der Waals surface area contributed by atoms with Crippen LogP contribution in [0.3, 0.4) is 0 Å². The first-order chi connectivity index (χ1) is 19.5. The molecule has 0 aromatic carbocycles. The molecular formula is C27H32F3N9O2. The Morgan fingerprint density at radius 2 is 1.90 bits per heavy atom. The van der Waals surface area contributed by atoms with Crippen LogP contribution in [0.25, 0.3) is 0 Å². The zero-order chi connectivity index (χ0) is 29.3. The molecule has 218 valence electrons. The van der Waals surface area contributed by atoms with E-state index in [0.717, 1.165) is 38.2 Å². The van der Waals surface area contributed by atoms with E-state index >= 15 is 0 Å². The SMILES string of the molecule is Cc1nc(N(Cc2cnn(Cc3ccc(C(F)(F)F)nc3)c2)C(=O)NC2CCCCC2)nc2c1NC(=O)C(C)N2C. The number of amides is 3. The summed E-state index contributed by atoms with van der Waals surface area (Å²) in [5.41, 5.74) is 1.30. The topological polar surface area (TPSA) is 121 Å². The van der Waals surface area contributed by atoms with Gasteiger partial charge in [0, 0.05) is 31.0 Å². The van der Waals surface area contributed by atoms with E-state index in [2.05, 4.69) is 25.7 Å². The van der Waals surface area contributed by atoms with Crippen molar-refractivity contribution in [3.8, 4) is 0 Å². The predicted octanol–water partition coefficient (Wildman–Crippen LogP) is 4.27. The number of anilines is 3. The van der Waals surface area contributed by atoms with Gasteiger partial charge in [-0.2, -0.15) is 23.3 Å². The van der Waals surface area contributed by atoms with E-state index in [1.807, 2.05) is 0 Å². The Labute approximate surface area is 235 Å². The summed E-state index contributed by atoms with van der Waals surface area (Å²) in [6, 6.07) is 1.56. The average Bonchev–Trinajstić information content (AvgIpc) is 3.38. The van der Waals surface area contributed by atoms with Crippen molar-refractivity contribution in [1.29, 1.82) is 0 Å². The maximum atomic E-state index is 13.6. The number of nitrogens with one attached hydrogen (secondary N) is 2. The molecule has 0 bridgehead atoms. The third-order valence-corrected chi connectivity index (χ3v) is 7.51. The molecule has 1 fully saturated rings. The molecule has 41 heavy (non-hydrogen) atoms. The van der Waals surface area contributed by atoms with Crippen LogP contribution in [-0.4, -0.2) is 55.8 Å². The fraction of sp³-hybridized carbons (Fsp3) is 0.481. The van der Waals surface area contributed by atoms with Crippen LogP contribution in [0.2, 0.25) is 0 Å². The molecule has 1 unspecified atom stereocenters. The van der Waals surface area contributed by atoms with Crippen LogP contribution in [0.4, 0.5) is 35.4 Å². The summed E-state index contributed by atoms with van der Waals surface area (Å²) in [5, 5.41) is 10.3. The molecule has 3 amide bonds. The Kier molecular flexibility index (Phi) is 7.82. The van der Waals surface area contributed by atoms with Gasteiger partial charge in [-0.25, -0.2) is 9.78 Å². The van der Waals surface area contributed by atoms with Gasteiger partial charge in [-0.3, -0.25) is 19.4 Å². The van der Waals surface area contributed by atoms with Crippen molar-refractivity contribution in [2.75, 3.05) is 22.2 Å². The standard InChI is InChI=1S/C27H32F3N9O2/c1-16-22-23(37(3)17(2)24(40)35-22)36-25(33-16)39(26(41)34-20-7-5-4-6-8-20)15-19-12-32-38(14-19)13-18-9-10-21(31-11-18)27(28,29)30/h9-12,14,17,20H,4-8,13,15H2,1-3H3,(H,34,41)(H,35,40). The summed E-state index contributed by atoms with van der Waals surface area (Å²) < 4.78 is 40.1. The highest BCUT2D eigenvalue weighted by atomic mass is 19.4. The van der Waals surface area contributed by atoms with Gasteiger partial charge in [0.1, 0.15) is 17.4 Å². The summed E-state index contributed by atoms with van der Waals surface area (Å²) >= 11 is 0. The summed E-state index contributed by atoms with van der Waals surface area (Å²) in [7, 11) is 1.77. The van der Waals surface area contributed by atoms with Crippen molar-refractivity contribution in [2.45, 2.75) is 77.3 Å². The molecule has 11 nitrogen and oxygen atoms in total. The number of aryl methyl sites for hydroxylation is 1. The number of carbonyl (C=O) groups is 2. The number of pyridine rings is 1. The van der Waals surface area contributed by atoms with Gasteiger partial charge in [-0.1, -0.05) is 25.3 Å². The first kappa shape index (κ1) is 28.3. The lowest BCUT2D eigenvalue weighted by Gasteiger charge is -2.34. The molecule has 1 saturated carbocycles. The van der Waals surface area contributed by atoms with Gasteiger partial charge in [-0.05, 0) is 38.3 Å². The second kappa shape index (κ2) is 11.3. The fourth-order valence-corrected chi connectivity index (χ4v) is 5.02. The summed E-state index contributed by atoms with van der Waals surface area (Å²) in [6.07, 6.45) is 5.02. The highest BCUT2D eigenvalue weighted by molar-refractivity contribution is 6.03.